The van der Waals surface area contributed by atoms with E-state index in [1.165, 1.54) is 16.0 Å². The first-order chi connectivity index (χ1) is 11.1. The molecule has 0 N–H and O–H groups in total. The molecule has 0 spiro atoms. The van der Waals surface area contributed by atoms with Gasteiger partial charge in [-0.25, -0.2) is 0 Å². The lowest BCUT2D eigenvalue weighted by Gasteiger charge is -2.25. The highest BCUT2D eigenvalue weighted by molar-refractivity contribution is 6.21. The van der Waals surface area contributed by atoms with Crippen molar-refractivity contribution in [2.24, 2.45) is 0 Å². The van der Waals surface area contributed by atoms with Crippen LogP contribution < -0.4 is 0 Å². The van der Waals surface area contributed by atoms with E-state index in [0.29, 0.717) is 17.7 Å². The average molecular weight is 313 g/mol. The zero-order valence-electron chi connectivity index (χ0n) is 13.8. The fourth-order valence-electron chi connectivity index (χ4n) is 3.21. The van der Waals surface area contributed by atoms with E-state index >= 15 is 0 Å². The second kappa shape index (κ2) is 6.67. The molecule has 0 aliphatic carbocycles. The van der Waals surface area contributed by atoms with Gasteiger partial charge in [-0.3, -0.25) is 14.5 Å². The molecular formula is C19H23NO3. The summed E-state index contributed by atoms with van der Waals surface area (Å²) in [6.07, 6.45) is 4.05. The Labute approximate surface area is 137 Å². The van der Waals surface area contributed by atoms with E-state index in [-0.39, 0.29) is 17.9 Å². The summed E-state index contributed by atoms with van der Waals surface area (Å²) in [5.74, 6) is -0.317. The van der Waals surface area contributed by atoms with Crippen molar-refractivity contribution in [3.05, 3.63) is 46.5 Å². The molecule has 2 aliphatic rings. The molecule has 0 bridgehead atoms. The van der Waals surface area contributed by atoms with Crippen molar-refractivity contribution in [3.63, 3.8) is 0 Å². The third-order valence-electron chi connectivity index (χ3n) is 4.83. The Morgan fingerprint density at radius 1 is 1.04 bits per heavy atom. The van der Waals surface area contributed by atoms with Crippen molar-refractivity contribution >= 4 is 11.8 Å². The molecule has 2 heterocycles. The van der Waals surface area contributed by atoms with Crippen LogP contribution in [0.4, 0.5) is 0 Å². The van der Waals surface area contributed by atoms with Crippen LogP contribution in [0.1, 0.15) is 60.2 Å². The predicted octanol–water partition coefficient (Wildman–Crippen LogP) is 3.58. The van der Waals surface area contributed by atoms with Crippen molar-refractivity contribution in [2.75, 3.05) is 13.2 Å². The Balaban J connectivity index is 1.47. The molecule has 2 aliphatic heterocycles. The molecule has 0 saturated heterocycles. The molecule has 4 nitrogen and oxygen atoms in total. The number of rotatable bonds is 5. The topological polar surface area (TPSA) is 46.6 Å². The highest BCUT2D eigenvalue weighted by Crippen LogP contribution is 2.25. The molecule has 4 heteroatoms. The van der Waals surface area contributed by atoms with Gasteiger partial charge in [-0.15, -0.1) is 0 Å². The van der Waals surface area contributed by atoms with Gasteiger partial charge in [0.05, 0.1) is 23.8 Å². The number of imide groups is 1. The number of amides is 2. The van der Waals surface area contributed by atoms with Crippen LogP contribution in [0.25, 0.3) is 0 Å². The van der Waals surface area contributed by atoms with Crippen LogP contribution in [0.15, 0.2) is 35.4 Å². The highest BCUT2D eigenvalue weighted by atomic mass is 16.5. The summed E-state index contributed by atoms with van der Waals surface area (Å²) in [6, 6.07) is 7.04. The summed E-state index contributed by atoms with van der Waals surface area (Å²) >= 11 is 0. The molecule has 0 radical (unpaired) electrons. The molecule has 0 saturated carbocycles. The fourth-order valence-corrected chi connectivity index (χ4v) is 3.21. The minimum Gasteiger partial charge on any atom is -0.374 e. The van der Waals surface area contributed by atoms with E-state index in [0.717, 1.165) is 32.3 Å². The second-order valence-electron chi connectivity index (χ2n) is 6.50. The standard InChI is InChI=1S/C19H23NO3/c1-13-11-15(23-12-14(13)2)7-5-6-10-20-18(21)16-8-3-4-9-17(16)19(20)22/h3-4,8-9,15H,5-7,10-12H2,1-2H3. The zero-order chi connectivity index (χ0) is 16.4. The molecule has 122 valence electrons. The number of nitrogens with zero attached hydrogens (tertiary/aromatic N) is 1. The molecule has 23 heavy (non-hydrogen) atoms. The number of hydrogen-bond donors (Lipinski definition) is 0. The summed E-state index contributed by atoms with van der Waals surface area (Å²) in [6.45, 7) is 5.51. The number of hydrogen-bond acceptors (Lipinski definition) is 3. The van der Waals surface area contributed by atoms with Gasteiger partial charge in [-0.05, 0) is 57.2 Å². The maximum Gasteiger partial charge on any atom is 0.261 e. The van der Waals surface area contributed by atoms with E-state index < -0.39 is 0 Å². The molecule has 1 unspecified atom stereocenters. The summed E-state index contributed by atoms with van der Waals surface area (Å²) in [4.78, 5) is 25.9. The van der Waals surface area contributed by atoms with Gasteiger partial charge in [0.1, 0.15) is 0 Å². The van der Waals surface area contributed by atoms with Crippen molar-refractivity contribution < 1.29 is 14.3 Å². The molecule has 3 rings (SSSR count). The predicted molar refractivity (Wildman–Crippen MR) is 88.4 cm³/mol. The van der Waals surface area contributed by atoms with Crippen LogP contribution >= 0.6 is 0 Å². The zero-order valence-corrected chi connectivity index (χ0v) is 13.8. The third kappa shape index (κ3) is 3.22. The van der Waals surface area contributed by atoms with Crippen LogP contribution in [0.2, 0.25) is 0 Å². The minimum atomic E-state index is -0.158. The van der Waals surface area contributed by atoms with Crippen LogP contribution in [-0.2, 0) is 4.74 Å². The van der Waals surface area contributed by atoms with E-state index in [4.69, 9.17) is 4.74 Å². The molecule has 0 aromatic heterocycles. The Bertz CT molecular complexity index is 627. The van der Waals surface area contributed by atoms with E-state index in [9.17, 15) is 9.59 Å². The van der Waals surface area contributed by atoms with E-state index in [2.05, 4.69) is 13.8 Å². The summed E-state index contributed by atoms with van der Waals surface area (Å²) in [5, 5.41) is 0. The quantitative estimate of drug-likeness (QED) is 0.474. The lowest BCUT2D eigenvalue weighted by Crippen LogP contribution is -2.31. The Morgan fingerprint density at radius 3 is 2.30 bits per heavy atom. The monoisotopic (exact) mass is 313 g/mol. The Hall–Kier alpha value is -1.94. The second-order valence-corrected chi connectivity index (χ2v) is 6.50. The van der Waals surface area contributed by atoms with Crippen molar-refractivity contribution in [1.82, 2.24) is 4.90 Å². The van der Waals surface area contributed by atoms with E-state index in [1.807, 2.05) is 0 Å². The van der Waals surface area contributed by atoms with Gasteiger partial charge in [0.2, 0.25) is 0 Å². The van der Waals surface area contributed by atoms with E-state index in [1.54, 1.807) is 24.3 Å². The lowest BCUT2D eigenvalue weighted by molar-refractivity contribution is 0.0494. The molecule has 1 aromatic rings. The largest absolute Gasteiger partial charge is 0.374 e. The first-order valence-corrected chi connectivity index (χ1v) is 8.30. The number of fused-ring (bicyclic) bond motifs is 1. The average Bonchev–Trinajstić information content (AvgIpc) is 2.80. The number of carbonyl (C=O) groups is 2. The molecular weight excluding hydrogens is 290 g/mol. The van der Waals surface area contributed by atoms with Gasteiger partial charge in [-0.1, -0.05) is 17.7 Å². The van der Waals surface area contributed by atoms with Crippen LogP contribution in [0, 0.1) is 0 Å². The van der Waals surface area contributed by atoms with Gasteiger partial charge in [0.25, 0.3) is 11.8 Å². The Kier molecular flexibility index (Phi) is 4.62. The molecule has 1 atom stereocenters. The van der Waals surface area contributed by atoms with Gasteiger partial charge >= 0.3 is 0 Å². The first kappa shape index (κ1) is 15.9. The molecule has 2 amide bonds. The van der Waals surface area contributed by atoms with Gasteiger partial charge < -0.3 is 4.74 Å². The van der Waals surface area contributed by atoms with Crippen LogP contribution in [0.3, 0.4) is 0 Å². The first-order valence-electron chi connectivity index (χ1n) is 8.30. The Morgan fingerprint density at radius 2 is 1.70 bits per heavy atom. The normalized spacial score (nSPS) is 21.1. The molecule has 1 aromatic carbocycles. The van der Waals surface area contributed by atoms with Crippen molar-refractivity contribution in [1.29, 1.82) is 0 Å². The number of benzene rings is 1. The van der Waals surface area contributed by atoms with Gasteiger partial charge in [-0.2, -0.15) is 0 Å². The molecule has 0 fully saturated rings. The summed E-state index contributed by atoms with van der Waals surface area (Å²) < 4.78 is 5.82. The number of carbonyl (C=O) groups excluding carboxylic acids is 2. The SMILES string of the molecule is CC1=C(C)CC(CCCCN2C(=O)c3ccccc3C2=O)OC1. The summed E-state index contributed by atoms with van der Waals surface area (Å²) in [5.41, 5.74) is 3.84. The van der Waals surface area contributed by atoms with Crippen molar-refractivity contribution in [3.8, 4) is 0 Å². The third-order valence-corrected chi connectivity index (χ3v) is 4.83. The lowest BCUT2D eigenvalue weighted by atomic mass is 9.98. The number of ether oxygens (including phenoxy) is 1. The van der Waals surface area contributed by atoms with Crippen LogP contribution in [0.5, 0.6) is 0 Å². The maximum absolute atomic E-state index is 12.3. The number of unbranched alkanes of at least 4 members (excludes halogenated alkanes) is 1. The van der Waals surface area contributed by atoms with Gasteiger partial charge in [0, 0.05) is 6.54 Å². The maximum atomic E-state index is 12.3. The highest BCUT2D eigenvalue weighted by Gasteiger charge is 2.34. The minimum absolute atomic E-state index is 0.158. The van der Waals surface area contributed by atoms with Gasteiger partial charge in [0.15, 0.2) is 0 Å². The fraction of sp³-hybridized carbons (Fsp3) is 0.474. The smallest absolute Gasteiger partial charge is 0.261 e. The summed E-state index contributed by atoms with van der Waals surface area (Å²) in [7, 11) is 0. The van der Waals surface area contributed by atoms with Crippen LogP contribution in [-0.4, -0.2) is 36.0 Å². The van der Waals surface area contributed by atoms with Crippen molar-refractivity contribution in [2.45, 2.75) is 45.6 Å².